The molecule has 1 aromatic carbocycles. The van der Waals surface area contributed by atoms with E-state index in [1.165, 1.54) is 0 Å². The molecule has 0 saturated heterocycles. The van der Waals surface area contributed by atoms with Gasteiger partial charge in [0.25, 0.3) is 0 Å². The largest absolute Gasteiger partial charge is 0.479 e. The molecule has 0 bridgehead atoms. The van der Waals surface area contributed by atoms with Crippen molar-refractivity contribution in [2.45, 2.75) is 12.8 Å². The Bertz CT molecular complexity index is 408. The zero-order valence-electron chi connectivity index (χ0n) is 8.98. The van der Waals surface area contributed by atoms with Gasteiger partial charge in [-0.3, -0.25) is 9.63 Å². The van der Waals surface area contributed by atoms with Gasteiger partial charge in [-0.2, -0.15) is 0 Å². The lowest BCUT2D eigenvalue weighted by atomic mass is 10.1. The van der Waals surface area contributed by atoms with Crippen molar-refractivity contribution in [3.8, 4) is 0 Å². The van der Waals surface area contributed by atoms with E-state index in [0.29, 0.717) is 11.4 Å². The monoisotopic (exact) mass is 257 g/mol. The van der Waals surface area contributed by atoms with E-state index in [1.54, 1.807) is 6.07 Å². The van der Waals surface area contributed by atoms with Gasteiger partial charge in [0.15, 0.2) is 6.61 Å². The number of carbonyl (C=O) groups excluding carboxylic acids is 1. The Balaban J connectivity index is 2.29. The number of hydrogen-bond acceptors (Lipinski definition) is 3. The van der Waals surface area contributed by atoms with Gasteiger partial charge in [-0.15, -0.1) is 0 Å². The average Bonchev–Trinajstić information content (AvgIpc) is 2.27. The summed E-state index contributed by atoms with van der Waals surface area (Å²) in [5, 5.41) is 8.88. The summed E-state index contributed by atoms with van der Waals surface area (Å²) in [5.74, 6) is -1.53. The molecule has 0 aromatic heterocycles. The molecular weight excluding hydrogens is 246 g/mol. The van der Waals surface area contributed by atoms with Crippen LogP contribution in [-0.2, 0) is 20.8 Å². The van der Waals surface area contributed by atoms with Crippen molar-refractivity contribution in [2.24, 2.45) is 0 Å². The van der Waals surface area contributed by atoms with Crippen LogP contribution in [0.25, 0.3) is 0 Å². The van der Waals surface area contributed by atoms with Crippen LogP contribution in [-0.4, -0.2) is 23.6 Å². The normalized spacial score (nSPS) is 9.94. The number of aryl methyl sites for hydroxylation is 1. The number of carbonyl (C=O) groups is 2. The van der Waals surface area contributed by atoms with Gasteiger partial charge in [0.2, 0.25) is 5.91 Å². The first kappa shape index (κ1) is 13.5. The van der Waals surface area contributed by atoms with Crippen LogP contribution >= 0.6 is 11.6 Å². The lowest BCUT2D eigenvalue weighted by Crippen LogP contribution is -2.26. The van der Waals surface area contributed by atoms with Crippen molar-refractivity contribution in [3.63, 3.8) is 0 Å². The molecule has 2 N–H and O–H groups in total. The Kier molecular flexibility index (Phi) is 5.45. The molecule has 0 spiro atoms. The third-order valence-electron chi connectivity index (χ3n) is 1.96. The first-order chi connectivity index (χ1) is 8.09. The highest BCUT2D eigenvalue weighted by molar-refractivity contribution is 6.31. The zero-order valence-corrected chi connectivity index (χ0v) is 9.74. The molecular formula is C11H12ClNO4. The van der Waals surface area contributed by atoms with Crippen molar-refractivity contribution in [1.82, 2.24) is 5.48 Å². The minimum absolute atomic E-state index is 0.184. The number of nitrogens with one attached hydrogen (secondary N) is 1. The molecule has 0 aliphatic carbocycles. The van der Waals surface area contributed by atoms with Crippen LogP contribution in [0.2, 0.25) is 5.02 Å². The second-order valence-electron chi connectivity index (χ2n) is 3.30. The van der Waals surface area contributed by atoms with Crippen molar-refractivity contribution in [2.75, 3.05) is 6.61 Å². The molecule has 17 heavy (non-hydrogen) atoms. The molecule has 1 rings (SSSR count). The van der Waals surface area contributed by atoms with Crippen molar-refractivity contribution in [3.05, 3.63) is 34.9 Å². The Hall–Kier alpha value is -1.59. The predicted octanol–water partition coefficient (Wildman–Crippen LogP) is 1.40. The molecule has 0 atom stereocenters. The second-order valence-corrected chi connectivity index (χ2v) is 3.71. The summed E-state index contributed by atoms with van der Waals surface area (Å²) < 4.78 is 0. The Labute approximate surface area is 103 Å². The molecule has 1 aromatic rings. The number of carboxylic acids is 1. The van der Waals surface area contributed by atoms with Gasteiger partial charge in [-0.05, 0) is 18.1 Å². The highest BCUT2D eigenvalue weighted by Crippen LogP contribution is 2.16. The van der Waals surface area contributed by atoms with Crippen LogP contribution in [0.3, 0.4) is 0 Å². The van der Waals surface area contributed by atoms with Crippen LogP contribution in [0.15, 0.2) is 24.3 Å². The number of halogens is 1. The molecule has 0 fully saturated rings. The van der Waals surface area contributed by atoms with E-state index in [1.807, 2.05) is 23.7 Å². The smallest absolute Gasteiger partial charge is 0.332 e. The second kappa shape index (κ2) is 6.88. The Morgan fingerprint density at radius 2 is 2.06 bits per heavy atom. The number of hydrogen-bond donors (Lipinski definition) is 2. The minimum atomic E-state index is -1.14. The van der Waals surface area contributed by atoms with Crippen molar-refractivity contribution in [1.29, 1.82) is 0 Å². The molecule has 0 heterocycles. The van der Waals surface area contributed by atoms with Gasteiger partial charge in [-0.1, -0.05) is 29.8 Å². The molecule has 92 valence electrons. The highest BCUT2D eigenvalue weighted by Gasteiger charge is 2.05. The number of aliphatic carboxylic acids is 1. The van der Waals surface area contributed by atoms with Crippen LogP contribution < -0.4 is 5.48 Å². The third kappa shape index (κ3) is 5.33. The van der Waals surface area contributed by atoms with Crippen molar-refractivity contribution < 1.29 is 19.5 Å². The molecule has 0 aliphatic rings. The van der Waals surface area contributed by atoms with Gasteiger partial charge in [0, 0.05) is 11.4 Å². The summed E-state index contributed by atoms with van der Waals surface area (Å²) in [6.07, 6.45) is 0.658. The highest BCUT2D eigenvalue weighted by atomic mass is 35.5. The van der Waals surface area contributed by atoms with E-state index < -0.39 is 12.6 Å². The standard InChI is InChI=1S/C11H12ClNO4/c12-9-4-2-1-3-8(9)5-6-10(14)13-17-7-11(15)16/h1-4H,5-7H2,(H,13,14)(H,15,16). The maximum absolute atomic E-state index is 11.2. The molecule has 0 radical (unpaired) electrons. The predicted molar refractivity (Wildman–Crippen MR) is 61.5 cm³/mol. The fourth-order valence-electron chi connectivity index (χ4n) is 1.18. The minimum Gasteiger partial charge on any atom is -0.479 e. The SMILES string of the molecule is O=C(O)CONC(=O)CCc1ccccc1Cl. The summed E-state index contributed by atoms with van der Waals surface area (Å²) in [7, 11) is 0. The number of rotatable bonds is 6. The van der Waals surface area contributed by atoms with Gasteiger partial charge < -0.3 is 5.11 Å². The average molecular weight is 258 g/mol. The Morgan fingerprint density at radius 1 is 1.35 bits per heavy atom. The number of benzene rings is 1. The summed E-state index contributed by atoms with van der Waals surface area (Å²) in [6, 6.07) is 7.21. The summed E-state index contributed by atoms with van der Waals surface area (Å²) >= 11 is 5.91. The van der Waals surface area contributed by atoms with Crippen LogP contribution in [0.1, 0.15) is 12.0 Å². The van der Waals surface area contributed by atoms with Gasteiger partial charge in [0.05, 0.1) is 0 Å². The van der Waals surface area contributed by atoms with E-state index in [0.717, 1.165) is 5.56 Å². The van der Waals surface area contributed by atoms with E-state index in [9.17, 15) is 9.59 Å². The van der Waals surface area contributed by atoms with Crippen LogP contribution in [0, 0.1) is 0 Å². The molecule has 5 nitrogen and oxygen atoms in total. The molecule has 1 amide bonds. The lowest BCUT2D eigenvalue weighted by Gasteiger charge is -2.05. The molecule has 0 aliphatic heterocycles. The lowest BCUT2D eigenvalue weighted by molar-refractivity contribution is -0.149. The number of carboxylic acid groups (broad SMARTS) is 1. The van der Waals surface area contributed by atoms with Gasteiger partial charge in [-0.25, -0.2) is 10.3 Å². The molecule has 6 heteroatoms. The van der Waals surface area contributed by atoms with Crippen molar-refractivity contribution >= 4 is 23.5 Å². The fraction of sp³-hybridized carbons (Fsp3) is 0.273. The van der Waals surface area contributed by atoms with Crippen LogP contribution in [0.4, 0.5) is 0 Å². The fourth-order valence-corrected chi connectivity index (χ4v) is 1.41. The summed E-state index contributed by atoms with van der Waals surface area (Å²) in [5.41, 5.74) is 2.90. The maximum Gasteiger partial charge on any atom is 0.332 e. The molecule has 0 saturated carbocycles. The number of amides is 1. The Morgan fingerprint density at radius 3 is 2.71 bits per heavy atom. The summed E-state index contributed by atoms with van der Waals surface area (Å²) in [4.78, 5) is 25.8. The first-order valence-electron chi connectivity index (χ1n) is 4.95. The quantitative estimate of drug-likeness (QED) is 0.756. The maximum atomic E-state index is 11.2. The van der Waals surface area contributed by atoms with E-state index >= 15 is 0 Å². The molecule has 0 unspecified atom stereocenters. The van der Waals surface area contributed by atoms with E-state index in [4.69, 9.17) is 16.7 Å². The first-order valence-corrected chi connectivity index (χ1v) is 5.33. The van der Waals surface area contributed by atoms with E-state index in [2.05, 4.69) is 4.84 Å². The number of hydroxylamine groups is 1. The van der Waals surface area contributed by atoms with Gasteiger partial charge >= 0.3 is 5.97 Å². The zero-order chi connectivity index (χ0) is 12.7. The third-order valence-corrected chi connectivity index (χ3v) is 2.33. The van der Waals surface area contributed by atoms with Gasteiger partial charge in [0.1, 0.15) is 0 Å². The topological polar surface area (TPSA) is 75.6 Å². The van der Waals surface area contributed by atoms with E-state index in [-0.39, 0.29) is 12.3 Å². The summed E-state index contributed by atoms with van der Waals surface area (Å²) in [6.45, 7) is -0.558. The van der Waals surface area contributed by atoms with Crippen LogP contribution in [0.5, 0.6) is 0 Å².